The standard InChI is InChI=1S/C15H20O4/c1-7-4-8-11(14(18)19-13(8)17)12(16)10-6-15(2,3)5-9(7)10/h10,12,14,16,18H,4-6H2,1-3H3/t10-,12-,14-/m0/s1. The number of rotatable bonds is 0. The summed E-state index contributed by atoms with van der Waals surface area (Å²) in [6, 6.07) is 0. The largest absolute Gasteiger partial charge is 0.428 e. The number of ether oxygens (including phenoxy) is 1. The minimum atomic E-state index is -1.27. The normalized spacial score (nSPS) is 37.1. The van der Waals surface area contributed by atoms with Gasteiger partial charge in [-0.2, -0.15) is 0 Å². The summed E-state index contributed by atoms with van der Waals surface area (Å²) in [5, 5.41) is 20.4. The molecular formula is C15H20O4. The molecule has 1 aliphatic heterocycles. The molecule has 3 aliphatic rings. The molecule has 1 heterocycles. The number of hydrogen-bond acceptors (Lipinski definition) is 4. The van der Waals surface area contributed by atoms with E-state index in [0.717, 1.165) is 18.4 Å². The number of allylic oxidation sites excluding steroid dienone is 1. The van der Waals surface area contributed by atoms with E-state index in [1.807, 2.05) is 6.92 Å². The van der Waals surface area contributed by atoms with Crippen molar-refractivity contribution in [2.75, 3.05) is 0 Å². The summed E-state index contributed by atoms with van der Waals surface area (Å²) < 4.78 is 4.84. The Labute approximate surface area is 112 Å². The predicted octanol–water partition coefficient (Wildman–Crippen LogP) is 1.68. The van der Waals surface area contributed by atoms with Crippen LogP contribution in [-0.4, -0.2) is 28.6 Å². The monoisotopic (exact) mass is 264 g/mol. The average Bonchev–Trinajstić information content (AvgIpc) is 2.73. The summed E-state index contributed by atoms with van der Waals surface area (Å²) in [6.07, 6.45) is 0.244. The van der Waals surface area contributed by atoms with Crippen LogP contribution in [0.3, 0.4) is 0 Å². The first-order valence-corrected chi connectivity index (χ1v) is 6.79. The first-order valence-electron chi connectivity index (χ1n) is 6.79. The van der Waals surface area contributed by atoms with Crippen molar-refractivity contribution in [1.29, 1.82) is 0 Å². The van der Waals surface area contributed by atoms with E-state index in [1.54, 1.807) is 0 Å². The fourth-order valence-electron chi connectivity index (χ4n) is 3.80. The molecule has 3 atom stereocenters. The van der Waals surface area contributed by atoms with Crippen molar-refractivity contribution in [3.05, 3.63) is 22.3 Å². The molecule has 0 spiro atoms. The van der Waals surface area contributed by atoms with E-state index in [4.69, 9.17) is 4.74 Å². The van der Waals surface area contributed by atoms with Gasteiger partial charge in [0.25, 0.3) is 0 Å². The average molecular weight is 264 g/mol. The van der Waals surface area contributed by atoms with Crippen LogP contribution in [0.15, 0.2) is 22.3 Å². The van der Waals surface area contributed by atoms with Gasteiger partial charge in [-0.3, -0.25) is 0 Å². The predicted molar refractivity (Wildman–Crippen MR) is 69.0 cm³/mol. The molecule has 0 bridgehead atoms. The maximum atomic E-state index is 11.7. The summed E-state index contributed by atoms with van der Waals surface area (Å²) in [5.41, 5.74) is 3.41. The molecule has 4 nitrogen and oxygen atoms in total. The summed E-state index contributed by atoms with van der Waals surface area (Å²) in [7, 11) is 0. The Morgan fingerprint density at radius 2 is 2.00 bits per heavy atom. The van der Waals surface area contributed by atoms with Crippen LogP contribution in [0.4, 0.5) is 0 Å². The third kappa shape index (κ3) is 1.85. The van der Waals surface area contributed by atoms with Gasteiger partial charge in [-0.15, -0.1) is 0 Å². The van der Waals surface area contributed by atoms with Crippen molar-refractivity contribution in [3.63, 3.8) is 0 Å². The number of carbonyl (C=O) groups is 1. The highest BCUT2D eigenvalue weighted by molar-refractivity contribution is 5.93. The quantitative estimate of drug-likeness (QED) is 0.516. The zero-order chi connectivity index (χ0) is 13.9. The lowest BCUT2D eigenvalue weighted by molar-refractivity contribution is -0.153. The first kappa shape index (κ1) is 12.9. The fourth-order valence-corrected chi connectivity index (χ4v) is 3.80. The van der Waals surface area contributed by atoms with Crippen molar-refractivity contribution in [2.45, 2.75) is 52.4 Å². The minimum absolute atomic E-state index is 0.00616. The molecule has 2 aliphatic carbocycles. The van der Waals surface area contributed by atoms with Crippen molar-refractivity contribution >= 4 is 5.97 Å². The second-order valence-electron chi connectivity index (χ2n) is 6.77. The number of fused-ring (bicyclic) bond motifs is 1. The lowest BCUT2D eigenvalue weighted by Gasteiger charge is -2.23. The number of aliphatic hydroxyl groups excluding tert-OH is 2. The molecule has 0 aromatic heterocycles. The third-order valence-electron chi connectivity index (χ3n) is 4.66. The van der Waals surface area contributed by atoms with E-state index < -0.39 is 18.4 Å². The maximum Gasteiger partial charge on any atom is 0.337 e. The molecule has 3 rings (SSSR count). The van der Waals surface area contributed by atoms with Crippen LogP contribution in [0.1, 0.15) is 40.0 Å². The molecule has 0 saturated heterocycles. The Kier molecular flexibility index (Phi) is 2.67. The van der Waals surface area contributed by atoms with Crippen LogP contribution in [-0.2, 0) is 9.53 Å². The fraction of sp³-hybridized carbons (Fsp3) is 0.667. The molecule has 1 saturated carbocycles. The highest BCUT2D eigenvalue weighted by Gasteiger charge is 2.47. The molecular weight excluding hydrogens is 244 g/mol. The molecule has 1 fully saturated rings. The van der Waals surface area contributed by atoms with Gasteiger partial charge >= 0.3 is 5.97 Å². The highest BCUT2D eigenvalue weighted by Crippen LogP contribution is 2.51. The van der Waals surface area contributed by atoms with E-state index in [1.165, 1.54) is 5.57 Å². The van der Waals surface area contributed by atoms with Crippen LogP contribution in [0.25, 0.3) is 0 Å². The molecule has 2 N–H and O–H groups in total. The smallest absolute Gasteiger partial charge is 0.337 e. The molecule has 0 amide bonds. The number of hydrogen-bond donors (Lipinski definition) is 2. The molecule has 0 aromatic carbocycles. The van der Waals surface area contributed by atoms with Crippen molar-refractivity contribution in [1.82, 2.24) is 0 Å². The van der Waals surface area contributed by atoms with Crippen molar-refractivity contribution in [2.24, 2.45) is 11.3 Å². The Bertz CT molecular complexity index is 512. The summed E-state index contributed by atoms with van der Waals surface area (Å²) in [5.74, 6) is -0.479. The lowest BCUT2D eigenvalue weighted by atomic mass is 9.86. The zero-order valence-corrected chi connectivity index (χ0v) is 11.6. The van der Waals surface area contributed by atoms with E-state index in [2.05, 4.69) is 13.8 Å². The summed E-state index contributed by atoms with van der Waals surface area (Å²) >= 11 is 0. The van der Waals surface area contributed by atoms with E-state index in [-0.39, 0.29) is 11.3 Å². The van der Waals surface area contributed by atoms with Gasteiger partial charge in [0.05, 0.1) is 6.10 Å². The van der Waals surface area contributed by atoms with E-state index in [0.29, 0.717) is 17.6 Å². The zero-order valence-electron chi connectivity index (χ0n) is 11.6. The number of esters is 1. The molecule has 0 unspecified atom stereocenters. The second kappa shape index (κ2) is 3.93. The van der Waals surface area contributed by atoms with Crippen LogP contribution < -0.4 is 0 Å². The van der Waals surface area contributed by atoms with Gasteiger partial charge in [0, 0.05) is 23.5 Å². The molecule has 0 radical (unpaired) electrons. The summed E-state index contributed by atoms with van der Waals surface area (Å²) in [4.78, 5) is 11.7. The SMILES string of the molecule is CC1=C2CC(C)(C)C[C@@H]2[C@H](O)C2=C(C1)C(=O)O[C@@H]2O. The minimum Gasteiger partial charge on any atom is -0.428 e. The Balaban J connectivity index is 2.07. The van der Waals surface area contributed by atoms with Gasteiger partial charge in [-0.1, -0.05) is 25.0 Å². The highest BCUT2D eigenvalue weighted by atomic mass is 16.6. The summed E-state index contributed by atoms with van der Waals surface area (Å²) in [6.45, 7) is 6.40. The topological polar surface area (TPSA) is 66.8 Å². The van der Waals surface area contributed by atoms with Crippen LogP contribution in [0.2, 0.25) is 0 Å². The Morgan fingerprint density at radius 3 is 2.68 bits per heavy atom. The number of aliphatic hydroxyl groups is 2. The number of cyclic esters (lactones) is 1. The van der Waals surface area contributed by atoms with E-state index in [9.17, 15) is 15.0 Å². The van der Waals surface area contributed by atoms with Gasteiger partial charge in [-0.05, 0) is 25.2 Å². The molecule has 0 aromatic rings. The first-order chi connectivity index (χ1) is 8.80. The molecule has 4 heteroatoms. The maximum absolute atomic E-state index is 11.7. The van der Waals surface area contributed by atoms with Gasteiger partial charge in [0.1, 0.15) is 0 Å². The van der Waals surface area contributed by atoms with Gasteiger partial charge in [0.15, 0.2) is 0 Å². The van der Waals surface area contributed by atoms with Gasteiger partial charge in [-0.25, -0.2) is 4.79 Å². The third-order valence-corrected chi connectivity index (χ3v) is 4.66. The van der Waals surface area contributed by atoms with Crippen LogP contribution in [0, 0.1) is 11.3 Å². The van der Waals surface area contributed by atoms with Crippen molar-refractivity contribution < 1.29 is 19.7 Å². The van der Waals surface area contributed by atoms with Gasteiger partial charge < -0.3 is 14.9 Å². The number of carbonyl (C=O) groups excluding carboxylic acids is 1. The van der Waals surface area contributed by atoms with Gasteiger partial charge in [0.2, 0.25) is 6.29 Å². The Hall–Kier alpha value is -1.13. The van der Waals surface area contributed by atoms with Crippen LogP contribution >= 0.6 is 0 Å². The van der Waals surface area contributed by atoms with E-state index >= 15 is 0 Å². The molecule has 104 valence electrons. The lowest BCUT2D eigenvalue weighted by Crippen LogP contribution is -2.28. The Morgan fingerprint density at radius 1 is 1.32 bits per heavy atom. The second-order valence-corrected chi connectivity index (χ2v) is 6.77. The van der Waals surface area contributed by atoms with Crippen LogP contribution in [0.5, 0.6) is 0 Å². The molecule has 19 heavy (non-hydrogen) atoms. The van der Waals surface area contributed by atoms with Crippen molar-refractivity contribution in [3.8, 4) is 0 Å².